The van der Waals surface area contributed by atoms with Crippen LogP contribution in [0.15, 0.2) is 59.8 Å². The van der Waals surface area contributed by atoms with Gasteiger partial charge in [0.05, 0.1) is 12.9 Å². The fourth-order valence-electron chi connectivity index (χ4n) is 3.52. The van der Waals surface area contributed by atoms with Gasteiger partial charge in [-0.1, -0.05) is 42.1 Å². The second-order valence-electron chi connectivity index (χ2n) is 7.09. The molecule has 2 heterocycles. The van der Waals surface area contributed by atoms with Crippen LogP contribution >= 0.6 is 11.8 Å². The molecule has 1 aliphatic heterocycles. The van der Waals surface area contributed by atoms with Gasteiger partial charge < -0.3 is 19.1 Å². The van der Waals surface area contributed by atoms with Crippen molar-refractivity contribution in [3.8, 4) is 17.1 Å². The molecule has 3 aromatic rings. The molecule has 1 aliphatic rings. The van der Waals surface area contributed by atoms with E-state index in [1.165, 1.54) is 17.4 Å². The Morgan fingerprint density at radius 1 is 1.03 bits per heavy atom. The van der Waals surface area contributed by atoms with Crippen molar-refractivity contribution in [3.63, 3.8) is 0 Å². The van der Waals surface area contributed by atoms with Crippen LogP contribution in [0.5, 0.6) is 5.75 Å². The molecule has 2 aromatic carbocycles. The number of piperazine rings is 1. The van der Waals surface area contributed by atoms with Crippen molar-refractivity contribution in [2.24, 2.45) is 7.05 Å². The van der Waals surface area contributed by atoms with E-state index in [0.29, 0.717) is 5.75 Å². The van der Waals surface area contributed by atoms with Gasteiger partial charge in [-0.25, -0.2) is 0 Å². The zero-order chi connectivity index (χ0) is 20.9. The molecule has 0 aliphatic carbocycles. The summed E-state index contributed by atoms with van der Waals surface area (Å²) in [5.74, 6) is 2.02. The predicted molar refractivity (Wildman–Crippen MR) is 119 cm³/mol. The first-order chi connectivity index (χ1) is 14.7. The summed E-state index contributed by atoms with van der Waals surface area (Å²) in [7, 11) is 3.56. The van der Waals surface area contributed by atoms with Gasteiger partial charge in [-0.15, -0.1) is 10.2 Å². The van der Waals surface area contributed by atoms with E-state index in [-0.39, 0.29) is 5.91 Å². The lowest BCUT2D eigenvalue weighted by atomic mass is 10.2. The summed E-state index contributed by atoms with van der Waals surface area (Å²) in [4.78, 5) is 17.0. The lowest BCUT2D eigenvalue weighted by molar-refractivity contribution is -0.128. The summed E-state index contributed by atoms with van der Waals surface area (Å²) in [6.45, 7) is 3.18. The van der Waals surface area contributed by atoms with Crippen molar-refractivity contribution in [3.05, 3.63) is 54.6 Å². The van der Waals surface area contributed by atoms with Crippen LogP contribution in [-0.2, 0) is 11.8 Å². The van der Waals surface area contributed by atoms with Gasteiger partial charge in [-0.2, -0.15) is 0 Å². The molecule has 7 nitrogen and oxygen atoms in total. The fraction of sp³-hybridized carbons (Fsp3) is 0.318. The lowest BCUT2D eigenvalue weighted by Gasteiger charge is -2.36. The van der Waals surface area contributed by atoms with Gasteiger partial charge in [0.1, 0.15) is 5.75 Å². The van der Waals surface area contributed by atoms with E-state index < -0.39 is 0 Å². The average molecular weight is 424 g/mol. The Balaban J connectivity index is 1.33. The summed E-state index contributed by atoms with van der Waals surface area (Å²) >= 11 is 1.42. The zero-order valence-electron chi connectivity index (χ0n) is 17.2. The number of nitrogens with zero attached hydrogens (tertiary/aromatic N) is 5. The number of anilines is 1. The molecule has 0 radical (unpaired) electrons. The molecule has 156 valence electrons. The Labute approximate surface area is 180 Å². The van der Waals surface area contributed by atoms with Crippen LogP contribution in [0.3, 0.4) is 0 Å². The van der Waals surface area contributed by atoms with E-state index in [4.69, 9.17) is 4.74 Å². The number of hydrogen-bond donors (Lipinski definition) is 0. The number of benzene rings is 2. The Hall–Kier alpha value is -3.00. The largest absolute Gasteiger partial charge is 0.497 e. The number of methoxy groups -OCH3 is 1. The van der Waals surface area contributed by atoms with Crippen molar-refractivity contribution in [1.29, 1.82) is 0 Å². The van der Waals surface area contributed by atoms with Crippen LogP contribution in [0.25, 0.3) is 11.4 Å². The zero-order valence-corrected chi connectivity index (χ0v) is 18.0. The molecule has 1 amide bonds. The van der Waals surface area contributed by atoms with Crippen molar-refractivity contribution in [2.45, 2.75) is 5.16 Å². The number of thioether (sulfide) groups is 1. The van der Waals surface area contributed by atoms with E-state index in [1.54, 1.807) is 7.11 Å². The van der Waals surface area contributed by atoms with Gasteiger partial charge in [0.2, 0.25) is 5.91 Å². The summed E-state index contributed by atoms with van der Waals surface area (Å²) in [5.41, 5.74) is 2.14. The number of para-hydroxylation sites is 1. The van der Waals surface area contributed by atoms with Gasteiger partial charge in [-0.05, 0) is 24.3 Å². The molecular formula is C22H25N5O2S. The first-order valence-electron chi connectivity index (χ1n) is 9.90. The molecule has 0 bridgehead atoms. The Kier molecular flexibility index (Phi) is 6.23. The van der Waals surface area contributed by atoms with Crippen LogP contribution in [0.2, 0.25) is 0 Å². The van der Waals surface area contributed by atoms with E-state index >= 15 is 0 Å². The minimum atomic E-state index is 0.138. The summed E-state index contributed by atoms with van der Waals surface area (Å²) in [6, 6.07) is 18.1. The first-order valence-corrected chi connectivity index (χ1v) is 10.9. The average Bonchev–Trinajstić information content (AvgIpc) is 3.18. The quantitative estimate of drug-likeness (QED) is 0.568. The maximum Gasteiger partial charge on any atom is 0.233 e. The van der Waals surface area contributed by atoms with Crippen LogP contribution in [0.4, 0.5) is 5.69 Å². The molecular weight excluding hydrogens is 398 g/mol. The highest BCUT2D eigenvalue weighted by molar-refractivity contribution is 7.99. The van der Waals surface area contributed by atoms with Crippen LogP contribution in [0.1, 0.15) is 0 Å². The van der Waals surface area contributed by atoms with E-state index in [2.05, 4.69) is 27.2 Å². The first kappa shape index (κ1) is 20.3. The number of hydrogen-bond acceptors (Lipinski definition) is 6. The van der Waals surface area contributed by atoms with Crippen molar-refractivity contribution in [2.75, 3.05) is 43.9 Å². The molecule has 1 aromatic heterocycles. The molecule has 4 rings (SSSR count). The Morgan fingerprint density at radius 3 is 2.53 bits per heavy atom. The maximum absolute atomic E-state index is 12.7. The summed E-state index contributed by atoms with van der Waals surface area (Å²) in [5, 5.41) is 9.30. The molecule has 0 atom stereocenters. The van der Waals surface area contributed by atoms with Gasteiger partial charge in [0, 0.05) is 44.5 Å². The van der Waals surface area contributed by atoms with Gasteiger partial charge >= 0.3 is 0 Å². The van der Waals surface area contributed by atoms with Crippen molar-refractivity contribution in [1.82, 2.24) is 19.7 Å². The van der Waals surface area contributed by atoms with Crippen molar-refractivity contribution >= 4 is 23.4 Å². The molecule has 0 spiro atoms. The highest BCUT2D eigenvalue weighted by Crippen LogP contribution is 2.25. The predicted octanol–water partition coefficient (Wildman–Crippen LogP) is 2.93. The van der Waals surface area contributed by atoms with E-state index in [1.807, 2.05) is 59.0 Å². The Bertz CT molecular complexity index is 1000. The number of carbonyl (C=O) groups is 1. The number of ether oxygens (including phenoxy) is 1. The number of amides is 1. The Morgan fingerprint density at radius 2 is 1.80 bits per heavy atom. The number of rotatable bonds is 6. The fourth-order valence-corrected chi connectivity index (χ4v) is 4.34. The minimum absolute atomic E-state index is 0.138. The molecule has 8 heteroatoms. The highest BCUT2D eigenvalue weighted by atomic mass is 32.2. The third-order valence-electron chi connectivity index (χ3n) is 5.24. The van der Waals surface area contributed by atoms with Gasteiger partial charge in [0.25, 0.3) is 0 Å². The second kappa shape index (κ2) is 9.21. The van der Waals surface area contributed by atoms with Crippen LogP contribution in [0, 0.1) is 0 Å². The third-order valence-corrected chi connectivity index (χ3v) is 6.25. The van der Waals surface area contributed by atoms with Crippen molar-refractivity contribution < 1.29 is 9.53 Å². The third kappa shape index (κ3) is 4.43. The molecule has 1 saturated heterocycles. The minimum Gasteiger partial charge on any atom is -0.497 e. The van der Waals surface area contributed by atoms with Crippen LogP contribution in [-0.4, -0.2) is 64.6 Å². The lowest BCUT2D eigenvalue weighted by Crippen LogP contribution is -2.49. The maximum atomic E-state index is 12.7. The van der Waals surface area contributed by atoms with E-state index in [9.17, 15) is 4.79 Å². The normalized spacial score (nSPS) is 14.1. The smallest absolute Gasteiger partial charge is 0.233 e. The summed E-state index contributed by atoms with van der Waals surface area (Å²) in [6.07, 6.45) is 0. The molecule has 1 fully saturated rings. The van der Waals surface area contributed by atoms with E-state index in [0.717, 1.165) is 48.5 Å². The molecule has 0 unspecified atom stereocenters. The highest BCUT2D eigenvalue weighted by Gasteiger charge is 2.22. The molecule has 0 N–H and O–H groups in total. The number of carbonyl (C=O) groups excluding carboxylic acids is 1. The van der Waals surface area contributed by atoms with Gasteiger partial charge in [-0.3, -0.25) is 4.79 Å². The SMILES string of the molecule is COc1cccc(-c2nnc(SCC(=O)N3CCN(c4ccccc4)CC3)n2C)c1. The van der Waals surface area contributed by atoms with Gasteiger partial charge in [0.15, 0.2) is 11.0 Å². The monoisotopic (exact) mass is 423 g/mol. The molecule has 30 heavy (non-hydrogen) atoms. The number of aromatic nitrogens is 3. The summed E-state index contributed by atoms with van der Waals surface area (Å²) < 4.78 is 7.21. The standard InChI is InChI=1S/C22H25N5O2S/c1-25-21(17-7-6-10-19(15-17)29-2)23-24-22(25)30-16-20(28)27-13-11-26(12-14-27)18-8-4-3-5-9-18/h3-10,15H,11-14,16H2,1-2H3. The molecule has 0 saturated carbocycles. The topological polar surface area (TPSA) is 63.5 Å². The second-order valence-corrected chi connectivity index (χ2v) is 8.03. The van der Waals surface area contributed by atoms with Crippen LogP contribution < -0.4 is 9.64 Å².